The summed E-state index contributed by atoms with van der Waals surface area (Å²) in [5, 5.41) is 16.3. The van der Waals surface area contributed by atoms with Gasteiger partial charge in [-0.15, -0.1) is 0 Å². The number of ether oxygens (including phenoxy) is 1. The summed E-state index contributed by atoms with van der Waals surface area (Å²) in [6.45, 7) is 0. The minimum atomic E-state index is -1.36. The van der Waals surface area contributed by atoms with Crippen molar-refractivity contribution in [1.82, 2.24) is 0 Å². The first-order valence-electron chi connectivity index (χ1n) is 5.98. The predicted octanol–water partition coefficient (Wildman–Crippen LogP) is 3.98. The number of fused-ring (bicyclic) bond motifs is 2. The van der Waals surface area contributed by atoms with Gasteiger partial charge in [-0.25, -0.2) is 9.59 Å². The van der Waals surface area contributed by atoms with Crippen LogP contribution in [0.1, 0.15) is 21.5 Å². The van der Waals surface area contributed by atoms with Crippen LogP contribution in [0.2, 0.25) is 0 Å². The molecule has 2 N–H and O–H groups in total. The van der Waals surface area contributed by atoms with Gasteiger partial charge in [0.1, 0.15) is 11.5 Å². The summed E-state index contributed by atoms with van der Waals surface area (Å²) >= 11 is 4.19. The topological polar surface area (TPSA) is 83.8 Å². The molecule has 0 amide bonds. The molecule has 0 saturated heterocycles. The van der Waals surface area contributed by atoms with Crippen molar-refractivity contribution in [2.24, 2.45) is 0 Å². The second kappa shape index (κ2) is 6.28. The second-order valence-corrected chi connectivity index (χ2v) is 4.55. The average molecular weight is 307 g/mol. The molecule has 1 aliphatic rings. The zero-order valence-corrected chi connectivity index (χ0v) is 11.5. The van der Waals surface area contributed by atoms with Gasteiger partial charge in [-0.1, -0.05) is 24.3 Å². The summed E-state index contributed by atoms with van der Waals surface area (Å²) in [6, 6.07) is 12.8. The Labute approximate surface area is 125 Å². The molecule has 108 valence electrons. The van der Waals surface area contributed by atoms with E-state index < -0.39 is 11.4 Å². The predicted molar refractivity (Wildman–Crippen MR) is 76.6 cm³/mol. The van der Waals surface area contributed by atoms with Gasteiger partial charge in [0.15, 0.2) is 0 Å². The second-order valence-electron chi connectivity index (χ2n) is 4.23. The molecule has 2 aromatic carbocycles. The van der Waals surface area contributed by atoms with Crippen molar-refractivity contribution < 1.29 is 24.5 Å². The monoisotopic (exact) mass is 306 g/mol. The normalized spacial score (nSPS) is 11.1. The first kappa shape index (κ1) is 14.9. The van der Waals surface area contributed by atoms with Crippen LogP contribution in [0.5, 0.6) is 11.5 Å². The smallest absolute Gasteiger partial charge is 0.401 e. The molecule has 0 unspecified atom stereocenters. The Morgan fingerprint density at radius 2 is 1.62 bits per heavy atom. The molecule has 0 bridgehead atoms. The molecular formula is C15H11ClO5. The molecule has 1 aliphatic heterocycles. The lowest BCUT2D eigenvalue weighted by Gasteiger charge is -2.21. The number of para-hydroxylation sites is 1. The van der Waals surface area contributed by atoms with Gasteiger partial charge in [-0.2, -0.15) is 0 Å². The fourth-order valence-corrected chi connectivity index (χ4v) is 2.10. The molecule has 5 nitrogen and oxygen atoms in total. The maximum Gasteiger partial charge on any atom is 0.401 e. The van der Waals surface area contributed by atoms with Gasteiger partial charge in [-0.3, -0.25) is 0 Å². The minimum absolute atomic E-state index is 0.317. The van der Waals surface area contributed by atoms with Crippen LogP contribution < -0.4 is 4.74 Å². The number of benzene rings is 2. The fraction of sp³-hybridized carbons (Fsp3) is 0.0667. The van der Waals surface area contributed by atoms with Gasteiger partial charge in [0.2, 0.25) is 0 Å². The lowest BCUT2D eigenvalue weighted by atomic mass is 9.96. The number of carboxylic acid groups (broad SMARTS) is 2. The van der Waals surface area contributed by atoms with E-state index in [4.69, 9.17) is 19.7 Å². The zero-order valence-electron chi connectivity index (χ0n) is 10.7. The maximum atomic E-state index is 11.1. The van der Waals surface area contributed by atoms with Crippen LogP contribution in [0.25, 0.3) is 0 Å². The van der Waals surface area contributed by atoms with E-state index in [1.807, 2.05) is 24.3 Å². The van der Waals surface area contributed by atoms with E-state index in [0.717, 1.165) is 16.9 Å². The van der Waals surface area contributed by atoms with Crippen molar-refractivity contribution in [3.63, 3.8) is 0 Å². The number of rotatable bonds is 1. The third-order valence-electron chi connectivity index (χ3n) is 2.92. The van der Waals surface area contributed by atoms with E-state index in [0.29, 0.717) is 17.7 Å². The zero-order chi connectivity index (χ0) is 15.4. The van der Waals surface area contributed by atoms with Crippen LogP contribution >= 0.6 is 11.6 Å². The molecule has 1 heterocycles. The van der Waals surface area contributed by atoms with Gasteiger partial charge < -0.3 is 14.9 Å². The third-order valence-corrected chi connectivity index (χ3v) is 2.92. The standard InChI is InChI=1S/C14H10O3.CHClO2/c15-14(16)10-5-3-7-13-11(10)8-9-4-1-2-6-12(9)17-13;2-1(3)4/h1-7H,8H2,(H,15,16);(H,3,4). The first-order valence-corrected chi connectivity index (χ1v) is 6.36. The van der Waals surface area contributed by atoms with Gasteiger partial charge in [0.25, 0.3) is 0 Å². The minimum Gasteiger partial charge on any atom is -0.478 e. The van der Waals surface area contributed by atoms with Crippen LogP contribution in [0.3, 0.4) is 0 Å². The Morgan fingerprint density at radius 3 is 2.29 bits per heavy atom. The Bertz CT molecular complexity index is 692. The molecule has 0 radical (unpaired) electrons. The van der Waals surface area contributed by atoms with Crippen molar-refractivity contribution in [2.75, 3.05) is 0 Å². The average Bonchev–Trinajstić information content (AvgIpc) is 2.43. The number of halogens is 1. The Hall–Kier alpha value is -2.53. The third kappa shape index (κ3) is 3.52. The maximum absolute atomic E-state index is 11.1. The lowest BCUT2D eigenvalue weighted by molar-refractivity contribution is 0.0695. The number of carboxylic acids is 1. The SMILES string of the molecule is O=C(O)Cl.O=C(O)c1cccc2c1Cc1ccccc1O2. The molecule has 0 aromatic heterocycles. The number of carbonyl (C=O) groups is 2. The highest BCUT2D eigenvalue weighted by atomic mass is 35.5. The molecule has 3 rings (SSSR count). The largest absolute Gasteiger partial charge is 0.478 e. The quantitative estimate of drug-likeness (QED) is 0.664. The van der Waals surface area contributed by atoms with Crippen molar-refractivity contribution in [2.45, 2.75) is 6.42 Å². The molecule has 0 fully saturated rings. The number of aromatic carboxylic acids is 1. The van der Waals surface area contributed by atoms with E-state index >= 15 is 0 Å². The molecule has 2 aromatic rings. The Morgan fingerprint density at radius 1 is 1.00 bits per heavy atom. The summed E-state index contributed by atoms with van der Waals surface area (Å²) < 4.78 is 5.70. The van der Waals surface area contributed by atoms with Gasteiger partial charge in [-0.05, 0) is 23.8 Å². The van der Waals surface area contributed by atoms with Crippen LogP contribution in [-0.2, 0) is 6.42 Å². The van der Waals surface area contributed by atoms with E-state index in [1.54, 1.807) is 18.2 Å². The van der Waals surface area contributed by atoms with Crippen molar-refractivity contribution in [1.29, 1.82) is 0 Å². The van der Waals surface area contributed by atoms with Gasteiger partial charge in [0, 0.05) is 23.6 Å². The highest BCUT2D eigenvalue weighted by molar-refractivity contribution is 6.60. The first-order chi connectivity index (χ1) is 9.99. The summed E-state index contributed by atoms with van der Waals surface area (Å²) in [5.74, 6) is 0.538. The number of hydrogen-bond acceptors (Lipinski definition) is 3. The molecule has 0 aliphatic carbocycles. The Kier molecular flexibility index (Phi) is 4.45. The summed E-state index contributed by atoms with van der Waals surface area (Å²) in [5.41, 5.74) is 0.726. The van der Waals surface area contributed by atoms with Crippen molar-refractivity contribution in [3.05, 3.63) is 59.2 Å². The van der Waals surface area contributed by atoms with Gasteiger partial charge >= 0.3 is 11.4 Å². The molecule has 0 atom stereocenters. The lowest BCUT2D eigenvalue weighted by Crippen LogP contribution is -2.09. The molecule has 21 heavy (non-hydrogen) atoms. The highest BCUT2D eigenvalue weighted by Crippen LogP contribution is 2.37. The summed E-state index contributed by atoms with van der Waals surface area (Å²) in [6.07, 6.45) is 0.605. The highest BCUT2D eigenvalue weighted by Gasteiger charge is 2.21. The van der Waals surface area contributed by atoms with E-state index in [-0.39, 0.29) is 0 Å². The molecule has 0 spiro atoms. The Balaban J connectivity index is 0.000000361. The molecule has 6 heteroatoms. The van der Waals surface area contributed by atoms with Crippen LogP contribution in [0.15, 0.2) is 42.5 Å². The van der Waals surface area contributed by atoms with Crippen molar-refractivity contribution in [3.8, 4) is 11.5 Å². The fourth-order valence-electron chi connectivity index (χ4n) is 2.10. The van der Waals surface area contributed by atoms with E-state index in [1.165, 1.54) is 0 Å². The van der Waals surface area contributed by atoms with Crippen LogP contribution in [-0.4, -0.2) is 21.6 Å². The van der Waals surface area contributed by atoms with E-state index in [2.05, 4.69) is 11.6 Å². The van der Waals surface area contributed by atoms with Crippen LogP contribution in [0, 0.1) is 0 Å². The summed E-state index contributed by atoms with van der Waals surface area (Å²) in [4.78, 5) is 19.9. The van der Waals surface area contributed by atoms with E-state index in [9.17, 15) is 4.79 Å². The van der Waals surface area contributed by atoms with Gasteiger partial charge in [0.05, 0.1) is 5.56 Å². The molecular weight excluding hydrogens is 296 g/mol. The van der Waals surface area contributed by atoms with Crippen molar-refractivity contribution >= 4 is 23.0 Å². The van der Waals surface area contributed by atoms with Crippen LogP contribution in [0.4, 0.5) is 4.79 Å². The number of hydrogen-bond donors (Lipinski definition) is 2. The summed E-state index contributed by atoms with van der Waals surface area (Å²) in [7, 11) is 0. The molecule has 0 saturated carbocycles.